The highest BCUT2D eigenvalue weighted by atomic mass is 16.5. The van der Waals surface area contributed by atoms with Gasteiger partial charge in [-0.1, -0.05) is 35.4 Å². The van der Waals surface area contributed by atoms with Crippen molar-refractivity contribution in [2.75, 3.05) is 19.5 Å². The molecule has 0 fully saturated rings. The molecular weight excluding hydrogens is 318 g/mol. The van der Waals surface area contributed by atoms with Gasteiger partial charge in [-0.25, -0.2) is 4.68 Å². The highest BCUT2D eigenvalue weighted by molar-refractivity contribution is 5.47. The van der Waals surface area contributed by atoms with Gasteiger partial charge in [-0.3, -0.25) is 0 Å². The van der Waals surface area contributed by atoms with E-state index in [0.717, 1.165) is 23.5 Å². The van der Waals surface area contributed by atoms with Crippen LogP contribution in [0.25, 0.3) is 0 Å². The third kappa shape index (κ3) is 2.77. The molecule has 1 aliphatic rings. The number of anilines is 1. The van der Waals surface area contributed by atoms with Crippen molar-refractivity contribution in [3.05, 3.63) is 59.7 Å². The maximum Gasteiger partial charge on any atom is 0.243 e. The van der Waals surface area contributed by atoms with Crippen molar-refractivity contribution in [1.29, 1.82) is 0 Å². The summed E-state index contributed by atoms with van der Waals surface area (Å²) < 4.78 is 12.8. The van der Waals surface area contributed by atoms with E-state index in [0.29, 0.717) is 5.95 Å². The summed E-state index contributed by atoms with van der Waals surface area (Å²) in [6.45, 7) is 0. The largest absolute Gasteiger partial charge is 0.497 e. The van der Waals surface area contributed by atoms with Crippen molar-refractivity contribution in [3.63, 3.8) is 0 Å². The lowest BCUT2D eigenvalue weighted by atomic mass is 9.92. The molecule has 7 heteroatoms. The monoisotopic (exact) mass is 337 g/mol. The van der Waals surface area contributed by atoms with Crippen molar-refractivity contribution >= 4 is 5.95 Å². The van der Waals surface area contributed by atoms with Crippen molar-refractivity contribution in [3.8, 4) is 11.5 Å². The molecule has 128 valence electrons. The number of hydrogen-bond donors (Lipinski definition) is 1. The molecule has 25 heavy (non-hydrogen) atoms. The average molecular weight is 337 g/mol. The maximum absolute atomic E-state index is 5.55. The molecule has 1 N–H and O–H groups in total. The van der Waals surface area contributed by atoms with Gasteiger partial charge in [-0.15, -0.1) is 0 Å². The summed E-state index contributed by atoms with van der Waals surface area (Å²) in [5.74, 6) is 2.25. The van der Waals surface area contributed by atoms with Crippen LogP contribution in [0, 0.1) is 0 Å². The Labute approximate surface area is 145 Å². The van der Waals surface area contributed by atoms with Crippen LogP contribution in [0.3, 0.4) is 0 Å². The fourth-order valence-corrected chi connectivity index (χ4v) is 3.31. The minimum absolute atomic E-state index is 0.00811. The summed E-state index contributed by atoms with van der Waals surface area (Å²) >= 11 is 0. The summed E-state index contributed by atoms with van der Waals surface area (Å²) in [5.41, 5.74) is 2.20. The van der Waals surface area contributed by atoms with Crippen LogP contribution >= 0.6 is 0 Å². The number of nitrogens with zero attached hydrogens (tertiary/aromatic N) is 4. The second kappa shape index (κ2) is 6.43. The van der Waals surface area contributed by atoms with Crippen LogP contribution in [-0.2, 0) is 0 Å². The number of nitrogens with one attached hydrogen (secondary N) is 1. The molecule has 0 aliphatic carbocycles. The number of rotatable bonds is 4. The van der Waals surface area contributed by atoms with E-state index in [1.54, 1.807) is 14.2 Å². The average Bonchev–Trinajstić information content (AvgIpc) is 3.16. The third-order valence-corrected chi connectivity index (χ3v) is 4.55. The number of methoxy groups -OCH3 is 2. The van der Waals surface area contributed by atoms with Gasteiger partial charge in [0.05, 0.1) is 26.3 Å². The van der Waals surface area contributed by atoms with Gasteiger partial charge in [0, 0.05) is 5.56 Å². The molecule has 1 aromatic heterocycles. The minimum Gasteiger partial charge on any atom is -0.497 e. The molecule has 0 spiro atoms. The summed E-state index contributed by atoms with van der Waals surface area (Å²) in [7, 11) is 3.33. The van der Waals surface area contributed by atoms with E-state index in [4.69, 9.17) is 9.47 Å². The molecule has 0 saturated heterocycles. The summed E-state index contributed by atoms with van der Waals surface area (Å²) in [6.07, 6.45) is 0.797. The lowest BCUT2D eigenvalue weighted by Gasteiger charge is -2.31. The first kappa shape index (κ1) is 15.4. The number of hydrogen-bond acceptors (Lipinski definition) is 6. The van der Waals surface area contributed by atoms with E-state index in [9.17, 15) is 0 Å². The third-order valence-electron chi connectivity index (χ3n) is 4.55. The Kier molecular flexibility index (Phi) is 3.97. The van der Waals surface area contributed by atoms with Crippen molar-refractivity contribution in [2.45, 2.75) is 18.5 Å². The standard InChI is InChI=1S/C18H19N5O2/c1-24-13-8-9-17(25-2)14(10-13)15-11-16(12-6-4-3-5-7-12)23-18(19-15)20-21-22-23/h3-10,15-16H,11H2,1-2H3,(H,19,20,22). The number of tetrazole rings is 1. The number of aromatic nitrogens is 4. The van der Waals surface area contributed by atoms with Crippen LogP contribution in [0.5, 0.6) is 11.5 Å². The van der Waals surface area contributed by atoms with Crippen LogP contribution in [0.1, 0.15) is 29.6 Å². The lowest BCUT2D eigenvalue weighted by molar-refractivity contribution is 0.382. The zero-order valence-electron chi connectivity index (χ0n) is 14.1. The predicted molar refractivity (Wildman–Crippen MR) is 92.9 cm³/mol. The molecule has 1 aliphatic heterocycles. The zero-order valence-corrected chi connectivity index (χ0v) is 14.1. The Morgan fingerprint density at radius 1 is 1.08 bits per heavy atom. The van der Waals surface area contributed by atoms with Gasteiger partial charge in [0.1, 0.15) is 11.5 Å². The van der Waals surface area contributed by atoms with Crippen molar-refractivity contribution in [1.82, 2.24) is 20.2 Å². The predicted octanol–water partition coefficient (Wildman–Crippen LogP) is 2.84. The first-order chi connectivity index (χ1) is 12.3. The Bertz CT molecular complexity index is 865. The quantitative estimate of drug-likeness (QED) is 0.789. The van der Waals surface area contributed by atoms with Crippen LogP contribution < -0.4 is 14.8 Å². The highest BCUT2D eigenvalue weighted by Gasteiger charge is 2.32. The SMILES string of the molecule is COc1ccc(OC)c(C2CC(c3ccccc3)n3nnnc3N2)c1. The molecule has 7 nitrogen and oxygen atoms in total. The lowest BCUT2D eigenvalue weighted by Crippen LogP contribution is -2.28. The van der Waals surface area contributed by atoms with Crippen LogP contribution in [0.15, 0.2) is 48.5 Å². The molecule has 3 aromatic rings. The molecular formula is C18H19N5O2. The van der Waals surface area contributed by atoms with E-state index in [1.807, 2.05) is 41.1 Å². The van der Waals surface area contributed by atoms with Crippen LogP contribution in [0.4, 0.5) is 5.95 Å². The van der Waals surface area contributed by atoms with Gasteiger partial charge in [-0.2, -0.15) is 0 Å². The Morgan fingerprint density at radius 2 is 1.92 bits per heavy atom. The topological polar surface area (TPSA) is 74.1 Å². The van der Waals surface area contributed by atoms with Gasteiger partial charge >= 0.3 is 0 Å². The Balaban J connectivity index is 1.76. The second-order valence-electron chi connectivity index (χ2n) is 5.91. The Morgan fingerprint density at radius 3 is 2.68 bits per heavy atom. The molecule has 4 rings (SSSR count). The summed E-state index contributed by atoms with van der Waals surface area (Å²) in [5, 5.41) is 15.5. The summed E-state index contributed by atoms with van der Waals surface area (Å²) in [4.78, 5) is 0. The van der Waals surface area contributed by atoms with E-state index in [-0.39, 0.29) is 12.1 Å². The van der Waals surface area contributed by atoms with Gasteiger partial charge in [-0.05, 0) is 40.6 Å². The van der Waals surface area contributed by atoms with E-state index in [2.05, 4.69) is 33.0 Å². The molecule has 2 aromatic carbocycles. The normalized spacial score (nSPS) is 19.0. The fraction of sp³-hybridized carbons (Fsp3) is 0.278. The van der Waals surface area contributed by atoms with Gasteiger partial charge < -0.3 is 14.8 Å². The maximum atomic E-state index is 5.55. The molecule has 0 amide bonds. The zero-order chi connectivity index (χ0) is 17.2. The number of ether oxygens (including phenoxy) is 2. The van der Waals surface area contributed by atoms with Crippen LogP contribution in [-0.4, -0.2) is 34.4 Å². The molecule has 0 bridgehead atoms. The molecule has 2 unspecified atom stereocenters. The van der Waals surface area contributed by atoms with Crippen molar-refractivity contribution in [2.24, 2.45) is 0 Å². The summed E-state index contributed by atoms with van der Waals surface area (Å²) in [6, 6.07) is 16.1. The minimum atomic E-state index is 0.00811. The highest BCUT2D eigenvalue weighted by Crippen LogP contribution is 2.40. The fourth-order valence-electron chi connectivity index (χ4n) is 3.31. The number of benzene rings is 2. The Hall–Kier alpha value is -3.09. The second-order valence-corrected chi connectivity index (χ2v) is 5.91. The first-order valence-electron chi connectivity index (χ1n) is 8.11. The van der Waals surface area contributed by atoms with E-state index < -0.39 is 0 Å². The van der Waals surface area contributed by atoms with Crippen LogP contribution in [0.2, 0.25) is 0 Å². The van der Waals surface area contributed by atoms with E-state index >= 15 is 0 Å². The molecule has 0 saturated carbocycles. The van der Waals surface area contributed by atoms with Crippen molar-refractivity contribution < 1.29 is 9.47 Å². The smallest absolute Gasteiger partial charge is 0.243 e. The number of fused-ring (bicyclic) bond motifs is 1. The van der Waals surface area contributed by atoms with Gasteiger partial charge in [0.15, 0.2) is 0 Å². The van der Waals surface area contributed by atoms with Gasteiger partial charge in [0.2, 0.25) is 5.95 Å². The van der Waals surface area contributed by atoms with Gasteiger partial charge in [0.25, 0.3) is 0 Å². The molecule has 2 atom stereocenters. The molecule has 2 heterocycles. The first-order valence-corrected chi connectivity index (χ1v) is 8.11. The molecule has 0 radical (unpaired) electrons. The van der Waals surface area contributed by atoms with E-state index in [1.165, 1.54) is 5.56 Å².